The van der Waals surface area contributed by atoms with Crippen LogP contribution in [-0.2, 0) is 4.74 Å². The number of anilines is 3. The fourth-order valence-corrected chi connectivity index (χ4v) is 1.51. The molecule has 2 aromatic heterocycles. The molecular formula is C13H14N4O2. The van der Waals surface area contributed by atoms with E-state index < -0.39 is 5.97 Å². The number of nitrogens with one attached hydrogen (secondary N) is 1. The second kappa shape index (κ2) is 5.34. The molecule has 98 valence electrons. The fraction of sp³-hybridized carbons (Fsp3) is 0.154. The quantitative estimate of drug-likeness (QED) is 0.817. The summed E-state index contributed by atoms with van der Waals surface area (Å²) in [6.07, 6.45) is 3.10. The maximum absolute atomic E-state index is 11.5. The smallest absolute Gasteiger partial charge is 0.340 e. The molecule has 0 spiro atoms. The van der Waals surface area contributed by atoms with Gasteiger partial charge in [-0.1, -0.05) is 0 Å². The van der Waals surface area contributed by atoms with Crippen LogP contribution in [0.2, 0.25) is 0 Å². The van der Waals surface area contributed by atoms with Crippen molar-refractivity contribution in [3.63, 3.8) is 0 Å². The first-order chi connectivity index (χ1) is 9.10. The Balaban J connectivity index is 2.26. The van der Waals surface area contributed by atoms with Gasteiger partial charge in [-0.2, -0.15) is 0 Å². The van der Waals surface area contributed by atoms with E-state index in [1.54, 1.807) is 12.3 Å². The summed E-state index contributed by atoms with van der Waals surface area (Å²) in [6, 6.07) is 5.29. The Bertz CT molecular complexity index is 596. The van der Waals surface area contributed by atoms with E-state index in [0.29, 0.717) is 5.82 Å². The van der Waals surface area contributed by atoms with Crippen molar-refractivity contribution < 1.29 is 9.53 Å². The largest absolute Gasteiger partial charge is 0.465 e. The average Bonchev–Trinajstić information content (AvgIpc) is 2.42. The molecule has 0 amide bonds. The van der Waals surface area contributed by atoms with Crippen molar-refractivity contribution in [2.75, 3.05) is 18.2 Å². The number of ether oxygens (including phenoxy) is 1. The SMILES string of the molecule is COC(=O)c1cc(Nc2ccc(C)nc2)ncc1N. The number of methoxy groups -OCH3 is 1. The van der Waals surface area contributed by atoms with Crippen molar-refractivity contribution >= 4 is 23.2 Å². The molecular weight excluding hydrogens is 244 g/mol. The molecule has 0 fully saturated rings. The van der Waals surface area contributed by atoms with Crippen LogP contribution >= 0.6 is 0 Å². The molecule has 0 saturated heterocycles. The Morgan fingerprint density at radius 1 is 1.32 bits per heavy atom. The molecule has 0 saturated carbocycles. The second-order valence-electron chi connectivity index (χ2n) is 3.96. The van der Waals surface area contributed by atoms with Crippen molar-refractivity contribution in [3.05, 3.63) is 41.9 Å². The number of nitrogen functional groups attached to an aromatic ring is 1. The lowest BCUT2D eigenvalue weighted by Crippen LogP contribution is -2.07. The van der Waals surface area contributed by atoms with E-state index in [1.807, 2.05) is 19.1 Å². The Kier molecular flexibility index (Phi) is 3.61. The van der Waals surface area contributed by atoms with Gasteiger partial charge in [0.05, 0.1) is 36.4 Å². The third-order valence-corrected chi connectivity index (χ3v) is 2.52. The number of hydrogen-bond acceptors (Lipinski definition) is 6. The van der Waals surface area contributed by atoms with E-state index in [0.717, 1.165) is 11.4 Å². The summed E-state index contributed by atoms with van der Waals surface area (Å²) in [5.41, 5.74) is 7.93. The summed E-state index contributed by atoms with van der Waals surface area (Å²) < 4.78 is 4.65. The van der Waals surface area contributed by atoms with Crippen LogP contribution in [0.15, 0.2) is 30.6 Å². The highest BCUT2D eigenvalue weighted by molar-refractivity contribution is 5.95. The maximum atomic E-state index is 11.5. The van der Waals surface area contributed by atoms with Crippen molar-refractivity contribution in [2.45, 2.75) is 6.92 Å². The third-order valence-electron chi connectivity index (χ3n) is 2.52. The Hall–Kier alpha value is -2.63. The van der Waals surface area contributed by atoms with Crippen molar-refractivity contribution in [1.82, 2.24) is 9.97 Å². The molecule has 2 aromatic rings. The molecule has 0 aromatic carbocycles. The normalized spacial score (nSPS) is 10.0. The van der Waals surface area contributed by atoms with Gasteiger partial charge in [-0.15, -0.1) is 0 Å². The highest BCUT2D eigenvalue weighted by atomic mass is 16.5. The van der Waals surface area contributed by atoms with E-state index in [-0.39, 0.29) is 11.3 Å². The Labute approximate surface area is 110 Å². The highest BCUT2D eigenvalue weighted by Crippen LogP contribution is 2.19. The van der Waals surface area contributed by atoms with Gasteiger partial charge in [-0.3, -0.25) is 4.98 Å². The van der Waals surface area contributed by atoms with E-state index in [1.165, 1.54) is 13.3 Å². The number of aromatic nitrogens is 2. The zero-order valence-corrected chi connectivity index (χ0v) is 10.7. The van der Waals surface area contributed by atoms with E-state index in [4.69, 9.17) is 5.73 Å². The number of carbonyl (C=O) groups excluding carboxylic acids is 1. The lowest BCUT2D eigenvalue weighted by atomic mass is 10.2. The lowest BCUT2D eigenvalue weighted by molar-refractivity contribution is 0.0602. The van der Waals surface area contributed by atoms with Gasteiger partial charge in [0.2, 0.25) is 0 Å². The van der Waals surface area contributed by atoms with Crippen LogP contribution in [0, 0.1) is 6.92 Å². The molecule has 6 heteroatoms. The third kappa shape index (κ3) is 2.98. The first-order valence-electron chi connectivity index (χ1n) is 5.63. The second-order valence-corrected chi connectivity index (χ2v) is 3.96. The molecule has 0 aliphatic rings. The maximum Gasteiger partial charge on any atom is 0.340 e. The first kappa shape index (κ1) is 12.8. The average molecular weight is 258 g/mol. The summed E-state index contributed by atoms with van der Waals surface area (Å²) >= 11 is 0. The molecule has 0 radical (unpaired) electrons. The van der Waals surface area contributed by atoms with Gasteiger partial charge in [0, 0.05) is 5.69 Å². The predicted octanol–water partition coefficient (Wildman–Crippen LogP) is 1.90. The van der Waals surface area contributed by atoms with Gasteiger partial charge in [0.15, 0.2) is 0 Å². The fourth-order valence-electron chi connectivity index (χ4n) is 1.51. The number of aryl methyl sites for hydroxylation is 1. The van der Waals surface area contributed by atoms with Gasteiger partial charge < -0.3 is 15.8 Å². The van der Waals surface area contributed by atoms with E-state index in [2.05, 4.69) is 20.0 Å². The van der Waals surface area contributed by atoms with Gasteiger partial charge in [0.25, 0.3) is 0 Å². The van der Waals surface area contributed by atoms with Gasteiger partial charge >= 0.3 is 5.97 Å². The molecule has 0 unspecified atom stereocenters. The summed E-state index contributed by atoms with van der Waals surface area (Å²) in [6.45, 7) is 1.90. The van der Waals surface area contributed by atoms with Crippen LogP contribution in [0.3, 0.4) is 0 Å². The minimum atomic E-state index is -0.495. The molecule has 2 rings (SSSR count). The van der Waals surface area contributed by atoms with E-state index >= 15 is 0 Å². The number of rotatable bonds is 3. The Morgan fingerprint density at radius 2 is 2.11 bits per heavy atom. The van der Waals surface area contributed by atoms with E-state index in [9.17, 15) is 4.79 Å². The summed E-state index contributed by atoms with van der Waals surface area (Å²) in [7, 11) is 1.30. The van der Waals surface area contributed by atoms with Gasteiger partial charge in [0.1, 0.15) is 5.82 Å². The summed E-state index contributed by atoms with van der Waals surface area (Å²) in [5.74, 6) is 0.00485. The molecule has 0 atom stereocenters. The van der Waals surface area contributed by atoms with Crippen molar-refractivity contribution in [3.8, 4) is 0 Å². The zero-order chi connectivity index (χ0) is 13.8. The number of nitrogens with two attached hydrogens (primary N) is 1. The number of pyridine rings is 2. The molecule has 0 bridgehead atoms. The van der Waals surface area contributed by atoms with Crippen LogP contribution in [0.4, 0.5) is 17.2 Å². The first-order valence-corrected chi connectivity index (χ1v) is 5.63. The number of carbonyl (C=O) groups is 1. The molecule has 2 heterocycles. The van der Waals surface area contributed by atoms with Crippen LogP contribution in [-0.4, -0.2) is 23.0 Å². The van der Waals surface area contributed by atoms with Gasteiger partial charge in [-0.25, -0.2) is 9.78 Å². The van der Waals surface area contributed by atoms with Crippen molar-refractivity contribution in [1.29, 1.82) is 0 Å². The molecule has 0 aliphatic heterocycles. The van der Waals surface area contributed by atoms with Crippen LogP contribution in [0.25, 0.3) is 0 Å². The predicted molar refractivity (Wildman–Crippen MR) is 72.2 cm³/mol. The number of hydrogen-bond donors (Lipinski definition) is 2. The number of nitrogens with zero attached hydrogens (tertiary/aromatic N) is 2. The lowest BCUT2D eigenvalue weighted by Gasteiger charge is -2.08. The van der Waals surface area contributed by atoms with Crippen LogP contribution in [0.1, 0.15) is 16.1 Å². The zero-order valence-electron chi connectivity index (χ0n) is 10.7. The monoisotopic (exact) mass is 258 g/mol. The molecule has 6 nitrogen and oxygen atoms in total. The summed E-state index contributed by atoms with van der Waals surface area (Å²) in [4.78, 5) is 19.8. The highest BCUT2D eigenvalue weighted by Gasteiger charge is 2.11. The van der Waals surface area contributed by atoms with Crippen LogP contribution < -0.4 is 11.1 Å². The number of esters is 1. The standard InChI is InChI=1S/C13H14N4O2/c1-8-3-4-9(6-15-8)17-12-5-10(13(18)19-2)11(14)7-16-12/h3-7H,14H2,1-2H3,(H,16,17). The van der Waals surface area contributed by atoms with Crippen molar-refractivity contribution in [2.24, 2.45) is 0 Å². The topological polar surface area (TPSA) is 90.1 Å². The Morgan fingerprint density at radius 3 is 2.74 bits per heavy atom. The minimum absolute atomic E-state index is 0.277. The summed E-state index contributed by atoms with van der Waals surface area (Å²) in [5, 5.41) is 3.04. The van der Waals surface area contributed by atoms with Crippen LogP contribution in [0.5, 0.6) is 0 Å². The van der Waals surface area contributed by atoms with Gasteiger partial charge in [-0.05, 0) is 25.1 Å². The molecule has 0 aliphatic carbocycles. The minimum Gasteiger partial charge on any atom is -0.465 e. The molecule has 3 N–H and O–H groups in total. The molecule has 19 heavy (non-hydrogen) atoms.